The maximum Gasteiger partial charge on any atom is 0.234 e. The van der Waals surface area contributed by atoms with Gasteiger partial charge >= 0.3 is 0 Å². The molecule has 7 aromatic carbocycles. The minimum Gasteiger partial charge on any atom is -0.478 e. The number of aromatic nitrogens is 3. The summed E-state index contributed by atoms with van der Waals surface area (Å²) >= 11 is 0. The van der Waals surface area contributed by atoms with Crippen LogP contribution < -0.4 is 58.1 Å². The average Bonchev–Trinajstić information content (AvgIpc) is 1.66. The maximum absolute atomic E-state index is 7.02. The van der Waals surface area contributed by atoms with Crippen LogP contribution in [0.15, 0.2) is 164 Å². The van der Waals surface area contributed by atoms with Crippen molar-refractivity contribution in [1.82, 2.24) is 0 Å². The summed E-state index contributed by atoms with van der Waals surface area (Å²) in [4.78, 5) is 35.4. The second-order valence-electron chi connectivity index (χ2n) is 26.4. The number of nitrogens with zero attached hydrogens (tertiary/aromatic N) is 9. The molecular formula is C80H72IrN9O3-3. The number of aryl methyl sites for hydroxylation is 9. The summed E-state index contributed by atoms with van der Waals surface area (Å²) in [5, 5.41) is 0. The van der Waals surface area contributed by atoms with Gasteiger partial charge in [-0.25, -0.2) is 16.7 Å². The standard InChI is InChI=1S/C80H72N9O3.Ir/c1-53-13-24-62(25-14-53)66-31-34-69-75-78(66)91-88-44-38-59-21-19-56-8-4-9-58-37-43-87-72(47-58)84-52-83(71-36-33-67(79(90-87)76(71)84)63-26-15-54(2)16-27-63)42-7-12-65-46-57(10-5-40-81(69)50-85(75)73(88)48-59)23-30-61(65)11-6-41-82-51-86-74-49-60(22-20-56)39-45-89(74)92-80-68(32-35-70(82)77(80)86)64-28-17-55(3)18-29-64;/h13-18,23-39,43-46,50-52,56H,4-12,19-22,40-42H2,1-3H3;/q-3;. The largest absolute Gasteiger partial charge is 0.478 e. The molecule has 12 nitrogen and oxygen atoms in total. The molecule has 0 N–H and O–H groups in total. The van der Waals surface area contributed by atoms with Crippen LogP contribution in [0.1, 0.15) is 95.0 Å². The topological polar surface area (TPSA) is 58.8 Å². The van der Waals surface area contributed by atoms with E-state index in [1.54, 1.807) is 0 Å². The molecule has 3 aromatic heterocycles. The quantitative estimate of drug-likeness (QED) is 0.127. The fraction of sp³-hybridized carbons (Fsp3) is 0.250. The Morgan fingerprint density at radius 3 is 1.19 bits per heavy atom. The summed E-state index contributed by atoms with van der Waals surface area (Å²) in [6, 6.07) is 65.9. The average molecular weight is 1400 g/mol. The van der Waals surface area contributed by atoms with Crippen molar-refractivity contribution in [2.24, 2.45) is 5.92 Å². The van der Waals surface area contributed by atoms with Crippen molar-refractivity contribution in [2.45, 2.75) is 104 Å². The Morgan fingerprint density at radius 1 is 0.387 bits per heavy atom. The monoisotopic (exact) mass is 1400 g/mol. The molecule has 0 aliphatic carbocycles. The molecule has 16 bridgehead atoms. The number of fused-ring (bicyclic) bond motifs is 5. The minimum atomic E-state index is 0. The van der Waals surface area contributed by atoms with Crippen LogP contribution in [-0.2, 0) is 58.6 Å². The van der Waals surface area contributed by atoms with Gasteiger partial charge in [-0.05, 0) is 167 Å². The van der Waals surface area contributed by atoms with Crippen LogP contribution >= 0.6 is 0 Å². The summed E-state index contributed by atoms with van der Waals surface area (Å²) in [6.07, 6.45) is 18.8. The van der Waals surface area contributed by atoms with Crippen LogP contribution in [0.5, 0.6) is 17.2 Å². The van der Waals surface area contributed by atoms with Crippen LogP contribution in [0, 0.1) is 64.9 Å². The van der Waals surface area contributed by atoms with Crippen LogP contribution in [0.4, 0.5) is 51.6 Å². The van der Waals surface area contributed by atoms with Crippen molar-refractivity contribution >= 4 is 51.6 Å². The van der Waals surface area contributed by atoms with E-state index in [1.165, 1.54) is 50.1 Å². The zero-order valence-corrected chi connectivity index (χ0v) is 55.2. The van der Waals surface area contributed by atoms with Gasteiger partial charge in [-0.2, -0.15) is 18.2 Å². The number of rotatable bonds is 3. The van der Waals surface area contributed by atoms with E-state index < -0.39 is 0 Å². The van der Waals surface area contributed by atoms with Crippen LogP contribution in [0.25, 0.3) is 33.4 Å². The van der Waals surface area contributed by atoms with Gasteiger partial charge in [0.25, 0.3) is 0 Å². The van der Waals surface area contributed by atoms with E-state index in [2.05, 4.69) is 253 Å². The van der Waals surface area contributed by atoms with Crippen molar-refractivity contribution in [1.29, 1.82) is 0 Å². The number of pyridine rings is 3. The zero-order chi connectivity index (χ0) is 61.1. The molecule has 0 saturated heterocycles. The minimum absolute atomic E-state index is 0. The van der Waals surface area contributed by atoms with E-state index in [9.17, 15) is 0 Å². The summed E-state index contributed by atoms with van der Waals surface area (Å²) in [5.41, 5.74) is 24.8. The van der Waals surface area contributed by atoms with Gasteiger partial charge in [-0.1, -0.05) is 174 Å². The number of anilines is 9. The molecule has 0 amide bonds. The van der Waals surface area contributed by atoms with Crippen molar-refractivity contribution in [3.63, 3.8) is 0 Å². The number of hydrogen-bond acceptors (Lipinski definition) is 9. The molecule has 467 valence electrons. The normalized spacial score (nSPS) is 17.4. The van der Waals surface area contributed by atoms with Gasteiger partial charge in [-0.15, -0.1) is 18.2 Å². The van der Waals surface area contributed by atoms with Gasteiger partial charge in [0.1, 0.15) is 0 Å². The molecule has 1 atom stereocenters. The fourth-order valence-corrected chi connectivity index (χ4v) is 15.3. The molecule has 1 unspecified atom stereocenters. The first-order chi connectivity index (χ1) is 45.2. The molecule has 13 heterocycles. The molecule has 10 aliphatic rings. The van der Waals surface area contributed by atoms with Gasteiger partial charge in [0.15, 0.2) is 17.1 Å². The zero-order valence-electron chi connectivity index (χ0n) is 52.8. The SMILES string of the molecule is Cc1ccc(-c2ccc3c4c2O[n+]2ccc5[c-]c2N4[CH-]N3CCCc2ccc3c(c2)CCCN2[CH-]N4c6c2ccc(-c2ccc(C)cc2)c6O[n+]2ccc([c-]c24)CCCC(CC5)CCc2[c-]c4[n+](cc2)Oc2c(-c5ccc(C)cc5)ccc5c2N4[CH-]N5CCC3)cc1.[Ir]. The van der Waals surface area contributed by atoms with Gasteiger partial charge < -0.3 is 29.4 Å². The van der Waals surface area contributed by atoms with Crippen molar-refractivity contribution in [2.75, 3.05) is 49.0 Å². The predicted octanol–water partition coefficient (Wildman–Crippen LogP) is 15.3. The third-order valence-electron chi connectivity index (χ3n) is 20.3. The molecule has 93 heavy (non-hydrogen) atoms. The molecule has 10 aromatic rings. The first-order valence-corrected chi connectivity index (χ1v) is 33.3. The van der Waals surface area contributed by atoms with Gasteiger partial charge in [0.05, 0.1) is 35.7 Å². The van der Waals surface area contributed by atoms with E-state index in [0.717, 1.165) is 205 Å². The Balaban J connectivity index is 0.00000660. The van der Waals surface area contributed by atoms with Crippen molar-refractivity contribution < 1.29 is 48.8 Å². The Labute approximate surface area is 559 Å². The summed E-state index contributed by atoms with van der Waals surface area (Å²) < 4.78 is 5.78. The van der Waals surface area contributed by atoms with E-state index in [4.69, 9.17) is 14.5 Å². The smallest absolute Gasteiger partial charge is 0.234 e. The third-order valence-corrected chi connectivity index (χ3v) is 20.3. The molecule has 1 radical (unpaired) electrons. The van der Waals surface area contributed by atoms with Gasteiger partial charge in [0.2, 0.25) is 34.7 Å². The molecular weight excluding hydrogens is 1330 g/mol. The number of hydrogen-bond donors (Lipinski definition) is 0. The van der Waals surface area contributed by atoms with Crippen LogP contribution in [-0.4, -0.2) is 19.6 Å². The Morgan fingerprint density at radius 2 is 0.774 bits per heavy atom. The Hall–Kier alpha value is -9.16. The number of benzene rings is 7. The predicted molar refractivity (Wildman–Crippen MR) is 360 cm³/mol. The molecule has 10 aliphatic heterocycles. The van der Waals surface area contributed by atoms with E-state index in [0.29, 0.717) is 5.92 Å². The van der Waals surface area contributed by atoms with Crippen molar-refractivity contribution in [3.05, 3.63) is 252 Å². The summed E-state index contributed by atoms with van der Waals surface area (Å²) in [6.45, 7) is 15.9. The molecule has 0 saturated carbocycles. The van der Waals surface area contributed by atoms with E-state index in [-0.39, 0.29) is 20.1 Å². The summed E-state index contributed by atoms with van der Waals surface area (Å²) in [7, 11) is 0. The van der Waals surface area contributed by atoms with E-state index >= 15 is 0 Å². The van der Waals surface area contributed by atoms with E-state index in [1.807, 2.05) is 14.2 Å². The van der Waals surface area contributed by atoms with Crippen LogP contribution in [0.2, 0.25) is 0 Å². The van der Waals surface area contributed by atoms with Crippen LogP contribution in [0.3, 0.4) is 0 Å². The van der Waals surface area contributed by atoms with Gasteiger partial charge in [-0.3, -0.25) is 14.5 Å². The van der Waals surface area contributed by atoms with Gasteiger partial charge in [0, 0.05) is 36.8 Å². The Bertz CT molecular complexity index is 4590. The first kappa shape index (κ1) is 57.7. The summed E-state index contributed by atoms with van der Waals surface area (Å²) in [5.74, 6) is 5.70. The Kier molecular flexibility index (Phi) is 14.5. The second kappa shape index (κ2) is 23.4. The second-order valence-corrected chi connectivity index (χ2v) is 26.4. The molecule has 20 rings (SSSR count). The fourth-order valence-electron chi connectivity index (χ4n) is 15.3. The molecule has 0 spiro atoms. The maximum atomic E-state index is 7.02. The first-order valence-electron chi connectivity index (χ1n) is 33.3. The molecule has 0 fully saturated rings. The third kappa shape index (κ3) is 10.2. The molecule has 13 heteroatoms. The van der Waals surface area contributed by atoms with Crippen molar-refractivity contribution in [3.8, 4) is 50.6 Å².